The lowest BCUT2D eigenvalue weighted by molar-refractivity contribution is -0.00755. The summed E-state index contributed by atoms with van der Waals surface area (Å²) in [4.78, 5) is 2.23. The van der Waals surface area contributed by atoms with E-state index in [1.807, 2.05) is 24.1 Å². The molecule has 0 amide bonds. The second-order valence-corrected chi connectivity index (χ2v) is 5.78. The molecule has 1 fully saturated rings. The maximum absolute atomic E-state index is 10.6. The minimum Gasteiger partial charge on any atom is -0.391 e. The Hall–Kier alpha value is -0.870. The van der Waals surface area contributed by atoms with Crippen LogP contribution in [0.4, 0.5) is 0 Å². The van der Waals surface area contributed by atoms with Crippen LogP contribution in [-0.2, 0) is 13.5 Å². The van der Waals surface area contributed by atoms with Gasteiger partial charge in [0.2, 0.25) is 0 Å². The zero-order valence-electron chi connectivity index (χ0n) is 11.8. The minimum atomic E-state index is -0.241. The van der Waals surface area contributed by atoms with Crippen molar-refractivity contribution < 1.29 is 5.11 Å². The number of aliphatic hydroxyl groups excluding tert-OH is 1. The fraction of sp³-hybridized carbons (Fsp3) is 0.786. The summed E-state index contributed by atoms with van der Waals surface area (Å²) in [5, 5.41) is 14.7. The van der Waals surface area contributed by atoms with Crippen LogP contribution in [0.1, 0.15) is 37.7 Å². The molecule has 1 aliphatic carbocycles. The largest absolute Gasteiger partial charge is 0.391 e. The van der Waals surface area contributed by atoms with E-state index in [4.69, 9.17) is 0 Å². The highest BCUT2D eigenvalue weighted by Crippen LogP contribution is 2.38. The summed E-state index contributed by atoms with van der Waals surface area (Å²) in [6, 6.07) is 0. The number of aliphatic hydroxyl groups is 1. The fourth-order valence-corrected chi connectivity index (χ4v) is 3.24. The molecule has 0 radical (unpaired) electrons. The Balaban J connectivity index is 1.95. The average Bonchev–Trinajstić information content (AvgIpc) is 2.95. The Morgan fingerprint density at radius 2 is 2.11 bits per heavy atom. The molecule has 2 rings (SSSR count). The standard InChI is InChI=1S/C14H25N3O/c1-16(2)14(8-4-5-9-14)13(18)7-6-12-10-15-17(3)11-12/h10-11,13,18H,4-9H2,1-3H3. The van der Waals surface area contributed by atoms with Crippen molar-refractivity contribution in [3.05, 3.63) is 18.0 Å². The number of aromatic nitrogens is 2. The number of rotatable bonds is 5. The molecule has 1 aromatic heterocycles. The molecule has 18 heavy (non-hydrogen) atoms. The van der Waals surface area contributed by atoms with Crippen molar-refractivity contribution in [2.24, 2.45) is 7.05 Å². The lowest BCUT2D eigenvalue weighted by Gasteiger charge is -2.40. The highest BCUT2D eigenvalue weighted by Gasteiger charge is 2.41. The normalized spacial score (nSPS) is 20.5. The summed E-state index contributed by atoms with van der Waals surface area (Å²) < 4.78 is 1.82. The Kier molecular flexibility index (Phi) is 4.07. The van der Waals surface area contributed by atoms with E-state index in [1.54, 1.807) is 0 Å². The fourth-order valence-electron chi connectivity index (χ4n) is 3.24. The van der Waals surface area contributed by atoms with Gasteiger partial charge in [-0.1, -0.05) is 12.8 Å². The summed E-state index contributed by atoms with van der Waals surface area (Å²) in [5.74, 6) is 0. The van der Waals surface area contributed by atoms with Crippen LogP contribution < -0.4 is 0 Å². The van der Waals surface area contributed by atoms with E-state index in [9.17, 15) is 5.11 Å². The van der Waals surface area contributed by atoms with Gasteiger partial charge < -0.3 is 10.0 Å². The topological polar surface area (TPSA) is 41.3 Å². The van der Waals surface area contributed by atoms with Crippen molar-refractivity contribution in [3.63, 3.8) is 0 Å². The second-order valence-electron chi connectivity index (χ2n) is 5.78. The van der Waals surface area contributed by atoms with Gasteiger partial charge in [-0.2, -0.15) is 5.10 Å². The molecule has 1 atom stereocenters. The maximum Gasteiger partial charge on any atom is 0.0726 e. The maximum atomic E-state index is 10.6. The highest BCUT2D eigenvalue weighted by atomic mass is 16.3. The summed E-state index contributed by atoms with van der Waals surface area (Å²) >= 11 is 0. The third kappa shape index (κ3) is 2.59. The lowest BCUT2D eigenvalue weighted by atomic mass is 9.86. The highest BCUT2D eigenvalue weighted by molar-refractivity contribution is 5.06. The van der Waals surface area contributed by atoms with E-state index >= 15 is 0 Å². The molecule has 0 aromatic carbocycles. The van der Waals surface area contributed by atoms with Gasteiger partial charge in [-0.3, -0.25) is 4.68 Å². The first-order chi connectivity index (χ1) is 8.54. The number of hydrogen-bond acceptors (Lipinski definition) is 3. The molecule has 1 aliphatic rings. The molecule has 0 spiro atoms. The molecule has 0 bridgehead atoms. The third-order valence-corrected chi connectivity index (χ3v) is 4.45. The predicted octanol–water partition coefficient (Wildman–Crippen LogP) is 1.59. The first-order valence-electron chi connectivity index (χ1n) is 6.87. The Morgan fingerprint density at radius 3 is 2.61 bits per heavy atom. The molecule has 0 aliphatic heterocycles. The molecular weight excluding hydrogens is 226 g/mol. The first kappa shape index (κ1) is 13.6. The molecule has 102 valence electrons. The molecule has 1 aromatic rings. The summed E-state index contributed by atoms with van der Waals surface area (Å²) in [5.41, 5.74) is 1.21. The van der Waals surface area contributed by atoms with Gasteiger partial charge in [0.25, 0.3) is 0 Å². The summed E-state index contributed by atoms with van der Waals surface area (Å²) in [6.07, 6.45) is 10.1. The van der Waals surface area contributed by atoms with Gasteiger partial charge in [-0.25, -0.2) is 0 Å². The van der Waals surface area contributed by atoms with Gasteiger partial charge in [-0.15, -0.1) is 0 Å². The monoisotopic (exact) mass is 251 g/mol. The van der Waals surface area contributed by atoms with E-state index in [1.165, 1.54) is 18.4 Å². The van der Waals surface area contributed by atoms with Gasteiger partial charge >= 0.3 is 0 Å². The SMILES string of the molecule is CN(C)C1(C(O)CCc2cnn(C)c2)CCCC1. The van der Waals surface area contributed by atoms with Gasteiger partial charge in [0.05, 0.1) is 12.3 Å². The molecule has 0 saturated heterocycles. The van der Waals surface area contributed by atoms with E-state index in [0.29, 0.717) is 0 Å². The van der Waals surface area contributed by atoms with Crippen LogP contribution in [0.15, 0.2) is 12.4 Å². The third-order valence-electron chi connectivity index (χ3n) is 4.45. The summed E-state index contributed by atoms with van der Waals surface area (Å²) in [6.45, 7) is 0. The van der Waals surface area contributed by atoms with Gasteiger partial charge in [0.15, 0.2) is 0 Å². The van der Waals surface area contributed by atoms with E-state index in [0.717, 1.165) is 25.7 Å². The van der Waals surface area contributed by atoms with Crippen molar-refractivity contribution in [2.75, 3.05) is 14.1 Å². The molecule has 1 unspecified atom stereocenters. The minimum absolute atomic E-state index is 0.00219. The first-order valence-corrected chi connectivity index (χ1v) is 6.87. The predicted molar refractivity (Wildman–Crippen MR) is 72.4 cm³/mol. The zero-order valence-corrected chi connectivity index (χ0v) is 11.8. The Morgan fingerprint density at radius 1 is 1.44 bits per heavy atom. The van der Waals surface area contributed by atoms with Crippen molar-refractivity contribution in [1.82, 2.24) is 14.7 Å². The molecule has 1 saturated carbocycles. The molecule has 4 nitrogen and oxygen atoms in total. The number of hydrogen-bond donors (Lipinski definition) is 1. The molecular formula is C14H25N3O. The van der Waals surface area contributed by atoms with Crippen molar-refractivity contribution in [1.29, 1.82) is 0 Å². The number of aryl methyl sites for hydroxylation is 2. The van der Waals surface area contributed by atoms with Crippen molar-refractivity contribution >= 4 is 0 Å². The molecule has 4 heteroatoms. The van der Waals surface area contributed by atoms with Crippen LogP contribution in [0.25, 0.3) is 0 Å². The second kappa shape index (κ2) is 5.41. The van der Waals surface area contributed by atoms with Crippen LogP contribution in [-0.4, -0.2) is 45.5 Å². The van der Waals surface area contributed by atoms with Crippen LogP contribution in [0.5, 0.6) is 0 Å². The van der Waals surface area contributed by atoms with Crippen LogP contribution in [0, 0.1) is 0 Å². The zero-order chi connectivity index (χ0) is 13.2. The summed E-state index contributed by atoms with van der Waals surface area (Å²) in [7, 11) is 6.12. The number of nitrogens with zero attached hydrogens (tertiary/aromatic N) is 3. The smallest absolute Gasteiger partial charge is 0.0726 e. The van der Waals surface area contributed by atoms with Crippen LogP contribution in [0.2, 0.25) is 0 Å². The van der Waals surface area contributed by atoms with Crippen molar-refractivity contribution in [3.8, 4) is 0 Å². The van der Waals surface area contributed by atoms with E-state index in [-0.39, 0.29) is 11.6 Å². The lowest BCUT2D eigenvalue weighted by Crippen LogP contribution is -2.51. The molecule has 1 N–H and O–H groups in total. The Labute approximate surface area is 110 Å². The van der Waals surface area contributed by atoms with Crippen molar-refractivity contribution in [2.45, 2.75) is 50.2 Å². The quantitative estimate of drug-likeness (QED) is 0.864. The Bertz CT molecular complexity index is 380. The van der Waals surface area contributed by atoms with Gasteiger partial charge in [0, 0.05) is 18.8 Å². The van der Waals surface area contributed by atoms with E-state index < -0.39 is 0 Å². The average molecular weight is 251 g/mol. The van der Waals surface area contributed by atoms with E-state index in [2.05, 4.69) is 24.1 Å². The van der Waals surface area contributed by atoms with Crippen LogP contribution >= 0.6 is 0 Å². The molecule has 1 heterocycles. The number of likely N-dealkylation sites (N-methyl/N-ethyl adjacent to an activating group) is 1. The van der Waals surface area contributed by atoms with Gasteiger partial charge in [-0.05, 0) is 45.3 Å². The van der Waals surface area contributed by atoms with Gasteiger partial charge in [0.1, 0.15) is 0 Å². The van der Waals surface area contributed by atoms with Crippen LogP contribution in [0.3, 0.4) is 0 Å².